The number of aromatic nitrogens is 4. The second-order valence-corrected chi connectivity index (χ2v) is 5.60. The molecule has 2 N–H and O–H groups in total. The summed E-state index contributed by atoms with van der Waals surface area (Å²) in [5.41, 5.74) is 2.52. The highest BCUT2D eigenvalue weighted by atomic mass is 35.5. The highest BCUT2D eigenvalue weighted by Crippen LogP contribution is 2.22. The van der Waals surface area contributed by atoms with Crippen molar-refractivity contribution in [3.63, 3.8) is 0 Å². The number of halogens is 1. The molecule has 0 aliphatic heterocycles. The third-order valence-electron chi connectivity index (χ3n) is 3.64. The maximum Gasteiger partial charge on any atom is 0.230 e. The van der Waals surface area contributed by atoms with Crippen LogP contribution in [0.5, 0.6) is 0 Å². The van der Waals surface area contributed by atoms with Gasteiger partial charge in [0.25, 0.3) is 0 Å². The number of anilines is 1. The summed E-state index contributed by atoms with van der Waals surface area (Å²) >= 11 is 5.97. The number of amides is 1. The maximum atomic E-state index is 12.3. The topological polar surface area (TPSA) is 75.1 Å². The van der Waals surface area contributed by atoms with E-state index in [1.165, 1.54) is 0 Å². The van der Waals surface area contributed by atoms with Crippen molar-refractivity contribution in [3.05, 3.63) is 59.5 Å². The Labute approximate surface area is 136 Å². The average Bonchev–Trinajstić information content (AvgIpc) is 3.15. The number of hydrogen-bond acceptors (Lipinski definition) is 3. The first kappa shape index (κ1) is 13.8. The molecule has 0 saturated heterocycles. The number of H-pyrrole nitrogens is 1. The van der Waals surface area contributed by atoms with E-state index in [-0.39, 0.29) is 12.3 Å². The lowest BCUT2D eigenvalue weighted by Gasteiger charge is -2.06. The average molecular weight is 326 g/mol. The second-order valence-electron chi connectivity index (χ2n) is 5.16. The first-order chi connectivity index (χ1) is 11.2. The third kappa shape index (κ3) is 2.53. The van der Waals surface area contributed by atoms with Gasteiger partial charge in [0, 0.05) is 34.4 Å². The van der Waals surface area contributed by atoms with E-state index in [4.69, 9.17) is 11.6 Å². The number of rotatable bonds is 3. The van der Waals surface area contributed by atoms with Crippen LogP contribution in [-0.4, -0.2) is 25.5 Å². The molecule has 23 heavy (non-hydrogen) atoms. The maximum absolute atomic E-state index is 12.3. The lowest BCUT2D eigenvalue weighted by Crippen LogP contribution is -2.16. The molecular weight excluding hydrogens is 314 g/mol. The van der Waals surface area contributed by atoms with E-state index in [9.17, 15) is 4.79 Å². The minimum atomic E-state index is -0.121. The Hall–Kier alpha value is -2.86. The van der Waals surface area contributed by atoms with E-state index in [1.807, 2.05) is 24.4 Å². The van der Waals surface area contributed by atoms with Crippen LogP contribution in [0.1, 0.15) is 5.56 Å². The number of carbonyl (C=O) groups excluding carboxylic acids is 1. The van der Waals surface area contributed by atoms with Crippen LogP contribution < -0.4 is 5.32 Å². The van der Waals surface area contributed by atoms with Crippen LogP contribution >= 0.6 is 11.6 Å². The van der Waals surface area contributed by atoms with Crippen molar-refractivity contribution in [3.8, 4) is 0 Å². The monoisotopic (exact) mass is 325 g/mol. The van der Waals surface area contributed by atoms with Gasteiger partial charge in [-0.15, -0.1) is 0 Å². The smallest absolute Gasteiger partial charge is 0.230 e. The number of carbonyl (C=O) groups is 1. The zero-order chi connectivity index (χ0) is 15.8. The lowest BCUT2D eigenvalue weighted by molar-refractivity contribution is -0.115. The molecule has 4 rings (SSSR count). The van der Waals surface area contributed by atoms with Gasteiger partial charge >= 0.3 is 0 Å². The van der Waals surface area contributed by atoms with E-state index in [1.54, 1.807) is 29.0 Å². The Morgan fingerprint density at radius 1 is 1.26 bits per heavy atom. The number of aromatic amines is 1. The highest BCUT2D eigenvalue weighted by Gasteiger charge is 2.11. The van der Waals surface area contributed by atoms with Crippen molar-refractivity contribution in [2.45, 2.75) is 6.42 Å². The number of benzene rings is 1. The first-order valence-electron chi connectivity index (χ1n) is 7.05. The van der Waals surface area contributed by atoms with Crippen molar-refractivity contribution >= 4 is 39.9 Å². The lowest BCUT2D eigenvalue weighted by atomic mass is 10.1. The Balaban J connectivity index is 1.59. The minimum Gasteiger partial charge on any atom is -0.361 e. The van der Waals surface area contributed by atoms with Crippen molar-refractivity contribution < 1.29 is 4.79 Å². The van der Waals surface area contributed by atoms with E-state index < -0.39 is 0 Å². The molecule has 0 fully saturated rings. The highest BCUT2D eigenvalue weighted by molar-refractivity contribution is 6.31. The van der Waals surface area contributed by atoms with Gasteiger partial charge in [-0.1, -0.05) is 17.7 Å². The summed E-state index contributed by atoms with van der Waals surface area (Å²) in [6.45, 7) is 0. The Morgan fingerprint density at radius 2 is 2.17 bits per heavy atom. The van der Waals surface area contributed by atoms with E-state index in [0.29, 0.717) is 16.5 Å². The number of nitrogens with one attached hydrogen (secondary N) is 2. The quantitative estimate of drug-likeness (QED) is 0.608. The Bertz CT molecular complexity index is 1020. The van der Waals surface area contributed by atoms with Crippen molar-refractivity contribution in [2.24, 2.45) is 0 Å². The van der Waals surface area contributed by atoms with Crippen molar-refractivity contribution in [1.82, 2.24) is 19.6 Å². The molecule has 0 unspecified atom stereocenters. The fourth-order valence-corrected chi connectivity index (χ4v) is 2.77. The second kappa shape index (κ2) is 5.40. The molecule has 1 amide bonds. The van der Waals surface area contributed by atoms with Crippen LogP contribution in [0.15, 0.2) is 48.9 Å². The number of hydrogen-bond donors (Lipinski definition) is 2. The van der Waals surface area contributed by atoms with Gasteiger partial charge in [-0.05, 0) is 23.8 Å². The SMILES string of the molecule is O=C(Cc1c[nH]c2cc(Cl)ccc12)Nc1ccnc2ccnn12. The van der Waals surface area contributed by atoms with Gasteiger partial charge < -0.3 is 10.3 Å². The molecule has 114 valence electrons. The molecule has 3 heterocycles. The molecule has 0 atom stereocenters. The molecule has 4 aromatic rings. The van der Waals surface area contributed by atoms with Crippen LogP contribution in [0.4, 0.5) is 5.82 Å². The fraction of sp³-hybridized carbons (Fsp3) is 0.0625. The van der Waals surface area contributed by atoms with Gasteiger partial charge in [0.2, 0.25) is 5.91 Å². The van der Waals surface area contributed by atoms with Gasteiger partial charge in [-0.2, -0.15) is 9.61 Å². The van der Waals surface area contributed by atoms with Crippen LogP contribution in [0.25, 0.3) is 16.6 Å². The van der Waals surface area contributed by atoms with E-state index >= 15 is 0 Å². The molecule has 6 nitrogen and oxygen atoms in total. The summed E-state index contributed by atoms with van der Waals surface area (Å²) in [5.74, 6) is 0.469. The summed E-state index contributed by atoms with van der Waals surface area (Å²) in [6, 6.07) is 9.06. The normalized spacial score (nSPS) is 11.2. The molecule has 1 aromatic carbocycles. The predicted octanol–water partition coefficient (Wildman–Crippen LogP) is 3.05. The van der Waals surface area contributed by atoms with Gasteiger partial charge in [-0.25, -0.2) is 4.98 Å². The van der Waals surface area contributed by atoms with E-state index in [0.717, 1.165) is 16.5 Å². The molecule has 0 spiro atoms. The number of nitrogens with zero attached hydrogens (tertiary/aromatic N) is 3. The van der Waals surface area contributed by atoms with Gasteiger partial charge in [0.05, 0.1) is 12.6 Å². The minimum absolute atomic E-state index is 0.121. The largest absolute Gasteiger partial charge is 0.361 e. The zero-order valence-corrected chi connectivity index (χ0v) is 12.7. The van der Waals surface area contributed by atoms with Crippen molar-refractivity contribution in [2.75, 3.05) is 5.32 Å². The summed E-state index contributed by atoms with van der Waals surface area (Å²) in [4.78, 5) is 19.6. The van der Waals surface area contributed by atoms with Gasteiger partial charge in [-0.3, -0.25) is 4.79 Å². The molecular formula is C16H12ClN5O. The first-order valence-corrected chi connectivity index (χ1v) is 7.42. The predicted molar refractivity (Wildman–Crippen MR) is 88.6 cm³/mol. The van der Waals surface area contributed by atoms with Crippen LogP contribution in [-0.2, 0) is 11.2 Å². The van der Waals surface area contributed by atoms with Gasteiger partial charge in [0.15, 0.2) is 5.65 Å². The van der Waals surface area contributed by atoms with Crippen LogP contribution in [0, 0.1) is 0 Å². The summed E-state index contributed by atoms with van der Waals surface area (Å²) in [7, 11) is 0. The third-order valence-corrected chi connectivity index (χ3v) is 3.87. The van der Waals surface area contributed by atoms with Crippen LogP contribution in [0.2, 0.25) is 5.02 Å². The molecule has 0 aliphatic rings. The van der Waals surface area contributed by atoms with Crippen molar-refractivity contribution in [1.29, 1.82) is 0 Å². The zero-order valence-electron chi connectivity index (χ0n) is 12.0. The standard InChI is InChI=1S/C16H12ClN5O/c17-11-1-2-12-10(9-19-13(12)8-11)7-16(23)21-15-3-5-18-14-4-6-20-22(14)15/h1-6,8-9,19H,7H2,(H,21,23). The number of fused-ring (bicyclic) bond motifs is 2. The summed E-state index contributed by atoms with van der Waals surface area (Å²) in [6.07, 6.45) is 5.37. The molecule has 0 radical (unpaired) electrons. The Kier molecular flexibility index (Phi) is 3.24. The molecule has 7 heteroatoms. The fourth-order valence-electron chi connectivity index (χ4n) is 2.59. The molecule has 0 saturated carbocycles. The molecule has 0 aliphatic carbocycles. The van der Waals surface area contributed by atoms with E-state index in [2.05, 4.69) is 20.4 Å². The van der Waals surface area contributed by atoms with Crippen LogP contribution in [0.3, 0.4) is 0 Å². The summed E-state index contributed by atoms with van der Waals surface area (Å²) in [5, 5.41) is 8.66. The Morgan fingerprint density at radius 3 is 3.09 bits per heavy atom. The molecule has 0 bridgehead atoms. The van der Waals surface area contributed by atoms with Gasteiger partial charge in [0.1, 0.15) is 5.82 Å². The molecule has 3 aromatic heterocycles. The summed E-state index contributed by atoms with van der Waals surface area (Å²) < 4.78 is 1.59.